The van der Waals surface area contributed by atoms with Crippen molar-refractivity contribution in [1.82, 2.24) is 15.1 Å². The van der Waals surface area contributed by atoms with E-state index in [-0.39, 0.29) is 6.03 Å². The van der Waals surface area contributed by atoms with E-state index in [1.54, 1.807) is 35.1 Å². The molecule has 1 atom stereocenters. The Morgan fingerprint density at radius 1 is 1.25 bits per heavy atom. The molecular weight excluding hydrogens is 494 g/mol. The Balaban J connectivity index is 1.51. The van der Waals surface area contributed by atoms with Gasteiger partial charge in [-0.15, -0.1) is 0 Å². The number of hydrogen-bond donors (Lipinski definition) is 3. The molecule has 168 valence electrons. The molecule has 0 saturated carbocycles. The van der Waals surface area contributed by atoms with Gasteiger partial charge >= 0.3 is 6.03 Å². The van der Waals surface area contributed by atoms with Crippen molar-refractivity contribution < 1.29 is 9.53 Å². The highest BCUT2D eigenvalue weighted by Gasteiger charge is 2.18. The largest absolute Gasteiger partial charge is 0.493 e. The van der Waals surface area contributed by atoms with Gasteiger partial charge in [0, 0.05) is 35.1 Å². The molecule has 3 N–H and O–H groups in total. The molecule has 1 unspecified atom stereocenters. The van der Waals surface area contributed by atoms with E-state index in [1.807, 2.05) is 25.2 Å². The van der Waals surface area contributed by atoms with Gasteiger partial charge in [-0.3, -0.25) is 4.68 Å². The summed E-state index contributed by atoms with van der Waals surface area (Å²) in [7, 11) is 1.87. The summed E-state index contributed by atoms with van der Waals surface area (Å²) in [6, 6.07) is 12.7. The molecule has 0 aliphatic carbocycles. The van der Waals surface area contributed by atoms with Crippen LogP contribution in [0.2, 0.25) is 5.02 Å². The van der Waals surface area contributed by atoms with Crippen LogP contribution in [0.4, 0.5) is 16.2 Å². The average Bonchev–Trinajstić information content (AvgIpc) is 3.40. The third-order valence-electron chi connectivity index (χ3n) is 5.38. The maximum Gasteiger partial charge on any atom is 0.323 e. The molecule has 1 aliphatic heterocycles. The summed E-state index contributed by atoms with van der Waals surface area (Å²) < 4.78 is 8.79. The molecule has 0 bridgehead atoms. The molecule has 0 spiro atoms. The van der Waals surface area contributed by atoms with Gasteiger partial charge in [-0.05, 0) is 84.2 Å². The number of ether oxygens (including phenoxy) is 1. The first-order valence-electron chi connectivity index (χ1n) is 10.5. The lowest BCUT2D eigenvalue weighted by Gasteiger charge is -2.16. The van der Waals surface area contributed by atoms with Crippen LogP contribution in [-0.2, 0) is 7.05 Å². The van der Waals surface area contributed by atoms with E-state index in [0.29, 0.717) is 29.0 Å². The lowest BCUT2D eigenvalue weighted by atomic mass is 10.1. The zero-order chi connectivity index (χ0) is 22.5. The number of anilines is 2. The smallest absolute Gasteiger partial charge is 0.323 e. The quantitative estimate of drug-likeness (QED) is 0.377. The molecule has 9 heteroatoms. The van der Waals surface area contributed by atoms with Gasteiger partial charge in [-0.1, -0.05) is 11.6 Å². The van der Waals surface area contributed by atoms with Crippen molar-refractivity contribution in [2.45, 2.75) is 25.3 Å². The van der Waals surface area contributed by atoms with E-state index in [2.05, 4.69) is 37.0 Å². The van der Waals surface area contributed by atoms with E-state index in [4.69, 9.17) is 16.3 Å². The molecule has 2 aromatic carbocycles. The third kappa shape index (κ3) is 5.62. The van der Waals surface area contributed by atoms with Crippen LogP contribution in [0.3, 0.4) is 0 Å². The molecule has 1 aromatic heterocycles. The second kappa shape index (κ2) is 10.4. The van der Waals surface area contributed by atoms with Crippen LogP contribution in [-0.4, -0.2) is 35.0 Å². The maximum absolute atomic E-state index is 12.5. The number of amides is 2. The maximum atomic E-state index is 12.5. The number of carbonyl (C=O) groups excluding carboxylic acids is 1. The monoisotopic (exact) mass is 517 g/mol. The first-order chi connectivity index (χ1) is 15.5. The predicted octanol–water partition coefficient (Wildman–Crippen LogP) is 5.67. The number of benzene rings is 2. The molecule has 1 aliphatic rings. The number of halogens is 2. The third-order valence-corrected chi connectivity index (χ3v) is 6.21. The van der Waals surface area contributed by atoms with Crippen LogP contribution in [0, 0.1) is 0 Å². The molecule has 32 heavy (non-hydrogen) atoms. The molecule has 2 heterocycles. The lowest BCUT2D eigenvalue weighted by Crippen LogP contribution is -2.23. The summed E-state index contributed by atoms with van der Waals surface area (Å²) >= 11 is 9.48. The number of rotatable bonds is 7. The standard InChI is InChI=1S/C23H25BrClN5O2/c1-30-22(20(24)14-27-30)19-13-18(29-23(31)28-17-6-4-15(25)5-7-17)8-9-21(19)32-12-10-16-3-2-11-26-16/h4-9,13-14,16,26H,2-3,10-12H2,1H3,(H2,28,29,31). The van der Waals surface area contributed by atoms with Crippen LogP contribution in [0.5, 0.6) is 5.75 Å². The highest BCUT2D eigenvalue weighted by Crippen LogP contribution is 2.37. The minimum Gasteiger partial charge on any atom is -0.493 e. The Morgan fingerprint density at radius 3 is 2.69 bits per heavy atom. The van der Waals surface area contributed by atoms with Gasteiger partial charge in [0.1, 0.15) is 5.75 Å². The van der Waals surface area contributed by atoms with Gasteiger partial charge in [0.2, 0.25) is 0 Å². The lowest BCUT2D eigenvalue weighted by molar-refractivity contribution is 0.262. The summed E-state index contributed by atoms with van der Waals surface area (Å²) in [4.78, 5) is 12.5. The van der Waals surface area contributed by atoms with E-state index >= 15 is 0 Å². The fraction of sp³-hybridized carbons (Fsp3) is 0.304. The molecule has 7 nitrogen and oxygen atoms in total. The van der Waals surface area contributed by atoms with Crippen LogP contribution in [0.1, 0.15) is 19.3 Å². The van der Waals surface area contributed by atoms with Crippen LogP contribution < -0.4 is 20.7 Å². The van der Waals surface area contributed by atoms with Crippen LogP contribution in [0.25, 0.3) is 11.3 Å². The summed E-state index contributed by atoms with van der Waals surface area (Å²) in [5, 5.41) is 14.1. The molecule has 1 saturated heterocycles. The van der Waals surface area contributed by atoms with Crippen molar-refractivity contribution in [3.63, 3.8) is 0 Å². The van der Waals surface area contributed by atoms with E-state index < -0.39 is 0 Å². The minimum atomic E-state index is -0.344. The first kappa shape index (κ1) is 22.6. The van der Waals surface area contributed by atoms with E-state index in [0.717, 1.165) is 34.4 Å². The highest BCUT2D eigenvalue weighted by atomic mass is 79.9. The predicted molar refractivity (Wildman–Crippen MR) is 132 cm³/mol. The molecule has 2 amide bonds. The van der Waals surface area contributed by atoms with Crippen LogP contribution >= 0.6 is 27.5 Å². The zero-order valence-corrected chi connectivity index (χ0v) is 20.0. The number of carbonyl (C=O) groups is 1. The van der Waals surface area contributed by atoms with E-state index in [1.165, 1.54) is 12.8 Å². The van der Waals surface area contributed by atoms with Gasteiger partial charge in [0.05, 0.1) is 23.0 Å². The number of hydrogen-bond acceptors (Lipinski definition) is 4. The molecule has 3 aromatic rings. The van der Waals surface area contributed by atoms with Gasteiger partial charge in [0.15, 0.2) is 0 Å². The van der Waals surface area contributed by atoms with Crippen molar-refractivity contribution in [3.05, 3.63) is 58.2 Å². The Bertz CT molecular complexity index is 1060. The van der Waals surface area contributed by atoms with Crippen molar-refractivity contribution in [2.75, 3.05) is 23.8 Å². The summed E-state index contributed by atoms with van der Waals surface area (Å²) in [6.45, 7) is 1.69. The minimum absolute atomic E-state index is 0.344. The summed E-state index contributed by atoms with van der Waals surface area (Å²) in [6.07, 6.45) is 5.11. The normalized spacial score (nSPS) is 15.5. The average molecular weight is 519 g/mol. The summed E-state index contributed by atoms with van der Waals surface area (Å²) in [5.74, 6) is 0.746. The number of nitrogens with one attached hydrogen (secondary N) is 3. The van der Waals surface area contributed by atoms with Gasteiger partial charge in [0.25, 0.3) is 0 Å². The molecule has 0 radical (unpaired) electrons. The topological polar surface area (TPSA) is 80.2 Å². The number of urea groups is 1. The van der Waals surface area contributed by atoms with Gasteiger partial charge in [-0.2, -0.15) is 5.10 Å². The van der Waals surface area contributed by atoms with Crippen molar-refractivity contribution in [2.24, 2.45) is 7.05 Å². The zero-order valence-electron chi connectivity index (χ0n) is 17.7. The fourth-order valence-electron chi connectivity index (χ4n) is 3.77. The highest BCUT2D eigenvalue weighted by molar-refractivity contribution is 9.10. The SMILES string of the molecule is Cn1ncc(Br)c1-c1cc(NC(=O)Nc2ccc(Cl)cc2)ccc1OCCC1CCCN1. The van der Waals surface area contributed by atoms with Crippen molar-refractivity contribution >= 4 is 44.9 Å². The second-order valence-corrected chi connectivity index (χ2v) is 8.98. The Kier molecular flexibility index (Phi) is 7.34. The molecular formula is C23H25BrClN5O2. The Morgan fingerprint density at radius 2 is 2.00 bits per heavy atom. The van der Waals surface area contributed by atoms with Gasteiger partial charge in [-0.25, -0.2) is 4.79 Å². The second-order valence-electron chi connectivity index (χ2n) is 7.69. The van der Waals surface area contributed by atoms with Crippen LogP contribution in [0.15, 0.2) is 53.1 Å². The fourth-order valence-corrected chi connectivity index (χ4v) is 4.46. The number of nitrogens with zero attached hydrogens (tertiary/aromatic N) is 2. The molecule has 1 fully saturated rings. The Labute approximate surface area is 200 Å². The molecule has 4 rings (SSSR count). The van der Waals surface area contributed by atoms with Gasteiger partial charge < -0.3 is 20.7 Å². The van der Waals surface area contributed by atoms with Crippen molar-refractivity contribution in [1.29, 1.82) is 0 Å². The number of aromatic nitrogens is 2. The Hall–Kier alpha value is -2.55. The summed E-state index contributed by atoms with van der Waals surface area (Å²) in [5.41, 5.74) is 3.02. The van der Waals surface area contributed by atoms with Crippen molar-refractivity contribution in [3.8, 4) is 17.0 Å². The van der Waals surface area contributed by atoms with E-state index in [9.17, 15) is 4.79 Å². The first-order valence-corrected chi connectivity index (χ1v) is 11.7. The number of aryl methyl sites for hydroxylation is 1.